The summed E-state index contributed by atoms with van der Waals surface area (Å²) in [7, 11) is 1.64. The van der Waals surface area contributed by atoms with Gasteiger partial charge in [-0.25, -0.2) is 0 Å². The average Bonchev–Trinajstić information content (AvgIpc) is 3.22. The second kappa shape index (κ2) is 9.69. The van der Waals surface area contributed by atoms with Crippen molar-refractivity contribution in [1.29, 1.82) is 5.41 Å². The molecule has 1 aliphatic rings. The van der Waals surface area contributed by atoms with Crippen LogP contribution in [0.4, 0.5) is 0 Å². The summed E-state index contributed by atoms with van der Waals surface area (Å²) in [5, 5.41) is 13.4. The van der Waals surface area contributed by atoms with Gasteiger partial charge in [0.05, 0.1) is 12.6 Å². The Labute approximate surface area is 199 Å². The van der Waals surface area contributed by atoms with Crippen molar-refractivity contribution in [3.63, 3.8) is 0 Å². The van der Waals surface area contributed by atoms with Gasteiger partial charge in [-0.3, -0.25) is 10.2 Å². The fourth-order valence-electron chi connectivity index (χ4n) is 4.81. The lowest BCUT2D eigenvalue weighted by Crippen LogP contribution is -2.30. The highest BCUT2D eigenvalue weighted by molar-refractivity contribution is 6.12. The molecule has 1 amide bonds. The zero-order chi connectivity index (χ0) is 23.5. The molecule has 174 valence electrons. The number of amidine groups is 1. The molecule has 0 unspecified atom stereocenters. The van der Waals surface area contributed by atoms with Gasteiger partial charge >= 0.3 is 0 Å². The number of hydrogen-bond donors (Lipinski definition) is 2. The predicted octanol–water partition coefficient (Wildman–Crippen LogP) is 5.49. The van der Waals surface area contributed by atoms with Crippen molar-refractivity contribution in [3.8, 4) is 5.75 Å². The standard InChI is InChI=1S/C28H29N3O3/c1-33-22-10-6-19(7-11-22)8-13-27(29)30-28(32)20-9-12-24-23-4-2-3-5-25(23)31(26(24)18-20)21-14-16-34-17-15-21/h2-7,9-12,18,21H,8,13-17H2,1H3,(H2,29,30,32). The van der Waals surface area contributed by atoms with Crippen molar-refractivity contribution < 1.29 is 14.3 Å². The van der Waals surface area contributed by atoms with Crippen molar-refractivity contribution >= 4 is 33.5 Å². The van der Waals surface area contributed by atoms with E-state index in [2.05, 4.69) is 34.1 Å². The highest BCUT2D eigenvalue weighted by atomic mass is 16.5. The third kappa shape index (κ3) is 4.41. The molecule has 0 spiro atoms. The van der Waals surface area contributed by atoms with E-state index < -0.39 is 0 Å². The summed E-state index contributed by atoms with van der Waals surface area (Å²) in [6.45, 7) is 1.51. The van der Waals surface area contributed by atoms with Crippen LogP contribution in [0.25, 0.3) is 21.8 Å². The van der Waals surface area contributed by atoms with Crippen LogP contribution < -0.4 is 10.1 Å². The number of carbonyl (C=O) groups is 1. The lowest BCUT2D eigenvalue weighted by atomic mass is 10.1. The van der Waals surface area contributed by atoms with E-state index >= 15 is 0 Å². The minimum Gasteiger partial charge on any atom is -0.497 e. The van der Waals surface area contributed by atoms with Gasteiger partial charge in [-0.2, -0.15) is 0 Å². The Morgan fingerprint density at radius 1 is 1.03 bits per heavy atom. The van der Waals surface area contributed by atoms with E-state index in [1.54, 1.807) is 7.11 Å². The van der Waals surface area contributed by atoms with Gasteiger partial charge in [0.2, 0.25) is 0 Å². The van der Waals surface area contributed by atoms with Crippen LogP contribution in [0.3, 0.4) is 0 Å². The maximum atomic E-state index is 13.0. The smallest absolute Gasteiger partial charge is 0.256 e. The molecule has 2 heterocycles. The molecule has 2 N–H and O–H groups in total. The number of nitrogens with zero attached hydrogens (tertiary/aromatic N) is 1. The van der Waals surface area contributed by atoms with E-state index in [0.29, 0.717) is 24.4 Å². The van der Waals surface area contributed by atoms with E-state index in [0.717, 1.165) is 48.3 Å². The summed E-state index contributed by atoms with van der Waals surface area (Å²) in [5.41, 5.74) is 3.92. The molecular weight excluding hydrogens is 426 g/mol. The van der Waals surface area contributed by atoms with Gasteiger partial charge in [0, 0.05) is 47.5 Å². The fourth-order valence-corrected chi connectivity index (χ4v) is 4.81. The number of hydrogen-bond acceptors (Lipinski definition) is 4. The van der Waals surface area contributed by atoms with Gasteiger partial charge in [-0.15, -0.1) is 0 Å². The predicted molar refractivity (Wildman–Crippen MR) is 135 cm³/mol. The van der Waals surface area contributed by atoms with Crippen molar-refractivity contribution in [3.05, 3.63) is 77.9 Å². The van der Waals surface area contributed by atoms with Crippen molar-refractivity contribution in [2.75, 3.05) is 20.3 Å². The number of ether oxygens (including phenoxy) is 2. The molecule has 0 radical (unpaired) electrons. The number of para-hydroxylation sites is 1. The number of carbonyl (C=O) groups excluding carboxylic acids is 1. The molecule has 0 aliphatic carbocycles. The van der Waals surface area contributed by atoms with Gasteiger partial charge in [-0.05, 0) is 55.2 Å². The Hall–Kier alpha value is -3.64. The topological polar surface area (TPSA) is 76.3 Å². The zero-order valence-electron chi connectivity index (χ0n) is 19.3. The fraction of sp³-hybridized carbons (Fsp3) is 0.286. The van der Waals surface area contributed by atoms with E-state index in [1.165, 1.54) is 10.9 Å². The highest BCUT2D eigenvalue weighted by Gasteiger charge is 2.22. The SMILES string of the molecule is COc1ccc(CCC(=N)NC(=O)c2ccc3c4ccccc4n(C4CCOCC4)c3c2)cc1. The Morgan fingerprint density at radius 3 is 2.53 bits per heavy atom. The van der Waals surface area contributed by atoms with Crippen LogP contribution in [0, 0.1) is 5.41 Å². The number of aromatic nitrogens is 1. The number of nitrogens with one attached hydrogen (secondary N) is 2. The summed E-state index contributed by atoms with van der Waals surface area (Å²) in [4.78, 5) is 13.0. The summed E-state index contributed by atoms with van der Waals surface area (Å²) in [6, 6.07) is 22.4. The monoisotopic (exact) mass is 455 g/mol. The lowest BCUT2D eigenvalue weighted by molar-refractivity contribution is 0.0717. The van der Waals surface area contributed by atoms with Crippen molar-refractivity contribution in [1.82, 2.24) is 9.88 Å². The van der Waals surface area contributed by atoms with Gasteiger partial charge in [-0.1, -0.05) is 36.4 Å². The largest absolute Gasteiger partial charge is 0.497 e. The second-order valence-electron chi connectivity index (χ2n) is 8.74. The summed E-state index contributed by atoms with van der Waals surface area (Å²) in [5.74, 6) is 0.775. The minimum absolute atomic E-state index is 0.214. The number of benzene rings is 3. The van der Waals surface area contributed by atoms with Gasteiger partial charge in [0.25, 0.3) is 5.91 Å². The van der Waals surface area contributed by atoms with Gasteiger partial charge < -0.3 is 19.4 Å². The summed E-state index contributed by atoms with van der Waals surface area (Å²) >= 11 is 0. The minimum atomic E-state index is -0.245. The molecule has 6 nitrogen and oxygen atoms in total. The third-order valence-electron chi connectivity index (χ3n) is 6.62. The molecule has 0 saturated carbocycles. The average molecular weight is 456 g/mol. The summed E-state index contributed by atoms with van der Waals surface area (Å²) < 4.78 is 13.1. The van der Waals surface area contributed by atoms with Gasteiger partial charge in [0.15, 0.2) is 0 Å². The molecule has 1 aliphatic heterocycles. The lowest BCUT2D eigenvalue weighted by Gasteiger charge is -2.25. The van der Waals surface area contributed by atoms with E-state index in [9.17, 15) is 4.79 Å². The number of amides is 1. The number of fused-ring (bicyclic) bond motifs is 3. The van der Waals surface area contributed by atoms with E-state index in [-0.39, 0.29) is 11.7 Å². The van der Waals surface area contributed by atoms with Crippen molar-refractivity contribution in [2.45, 2.75) is 31.7 Å². The van der Waals surface area contributed by atoms with Crippen LogP contribution in [0.1, 0.15) is 41.2 Å². The second-order valence-corrected chi connectivity index (χ2v) is 8.74. The quantitative estimate of drug-likeness (QED) is 0.298. The number of rotatable bonds is 6. The summed E-state index contributed by atoms with van der Waals surface area (Å²) in [6.07, 6.45) is 3.06. The molecular formula is C28H29N3O3. The van der Waals surface area contributed by atoms with Crippen LogP contribution in [0.2, 0.25) is 0 Å². The molecule has 5 rings (SSSR count). The van der Waals surface area contributed by atoms with Crippen molar-refractivity contribution in [2.24, 2.45) is 0 Å². The molecule has 6 heteroatoms. The number of methoxy groups -OCH3 is 1. The Kier molecular flexibility index (Phi) is 6.32. The maximum Gasteiger partial charge on any atom is 0.256 e. The van der Waals surface area contributed by atoms with Crippen LogP contribution in [-0.2, 0) is 11.2 Å². The molecule has 3 aromatic carbocycles. The first-order chi connectivity index (χ1) is 16.6. The zero-order valence-corrected chi connectivity index (χ0v) is 19.3. The Balaban J connectivity index is 1.36. The van der Waals surface area contributed by atoms with E-state index in [1.807, 2.05) is 42.5 Å². The normalized spacial score (nSPS) is 14.4. The Morgan fingerprint density at radius 2 is 1.76 bits per heavy atom. The molecule has 0 atom stereocenters. The van der Waals surface area contributed by atoms with Crippen LogP contribution in [0.5, 0.6) is 5.75 Å². The molecule has 1 fully saturated rings. The highest BCUT2D eigenvalue weighted by Crippen LogP contribution is 2.35. The number of aryl methyl sites for hydroxylation is 1. The van der Waals surface area contributed by atoms with Crippen LogP contribution >= 0.6 is 0 Å². The first-order valence-corrected chi connectivity index (χ1v) is 11.8. The molecule has 34 heavy (non-hydrogen) atoms. The maximum absolute atomic E-state index is 13.0. The molecule has 4 aromatic rings. The molecule has 1 aromatic heterocycles. The Bertz CT molecular complexity index is 1330. The third-order valence-corrected chi connectivity index (χ3v) is 6.62. The van der Waals surface area contributed by atoms with Gasteiger partial charge in [0.1, 0.15) is 11.6 Å². The van der Waals surface area contributed by atoms with Crippen LogP contribution in [-0.4, -0.2) is 36.6 Å². The van der Waals surface area contributed by atoms with E-state index in [4.69, 9.17) is 14.9 Å². The first-order valence-electron chi connectivity index (χ1n) is 11.8. The molecule has 1 saturated heterocycles. The first kappa shape index (κ1) is 22.2. The molecule has 0 bridgehead atoms. The van der Waals surface area contributed by atoms with Crippen LogP contribution in [0.15, 0.2) is 66.7 Å².